The fourth-order valence-electron chi connectivity index (χ4n) is 1.55. The van der Waals surface area contributed by atoms with E-state index >= 15 is 0 Å². The topological polar surface area (TPSA) is 0 Å². The van der Waals surface area contributed by atoms with Crippen LogP contribution in [-0.4, -0.2) is 0 Å². The van der Waals surface area contributed by atoms with Crippen LogP contribution in [0, 0.1) is 11.8 Å². The fraction of sp³-hybridized carbons (Fsp3) is 0.765. The minimum atomic E-state index is 0. The molecule has 0 aromatic carbocycles. The molecule has 0 radical (unpaired) electrons. The van der Waals surface area contributed by atoms with E-state index in [9.17, 15) is 0 Å². The first-order valence-corrected chi connectivity index (χ1v) is 7.05. The summed E-state index contributed by atoms with van der Waals surface area (Å²) in [6, 6.07) is 0. The summed E-state index contributed by atoms with van der Waals surface area (Å²) in [6.45, 7) is 17.1. The summed E-state index contributed by atoms with van der Waals surface area (Å²) in [5.41, 5.74) is 3.16. The van der Waals surface area contributed by atoms with Crippen molar-refractivity contribution in [2.24, 2.45) is 11.8 Å². The van der Waals surface area contributed by atoms with Gasteiger partial charge in [0.15, 0.2) is 0 Å². The van der Waals surface area contributed by atoms with Crippen molar-refractivity contribution in [2.75, 3.05) is 0 Å². The lowest BCUT2D eigenvalue weighted by Crippen LogP contribution is -1.93. The van der Waals surface area contributed by atoms with Crippen molar-refractivity contribution >= 4 is 9.90 Å². The van der Waals surface area contributed by atoms with Gasteiger partial charge in [0.25, 0.3) is 0 Å². The molecule has 1 aliphatic carbocycles. The normalized spacial score (nSPS) is 13.6. The maximum absolute atomic E-state index is 2.40. The van der Waals surface area contributed by atoms with Crippen LogP contribution >= 0.6 is 9.90 Å². The number of hydrogen-bond donors (Lipinski definition) is 0. The third-order valence-corrected chi connectivity index (χ3v) is 2.85. The third-order valence-electron chi connectivity index (χ3n) is 2.85. The number of rotatable bonds is 3. The van der Waals surface area contributed by atoms with Crippen molar-refractivity contribution in [2.45, 2.75) is 75.7 Å². The van der Waals surface area contributed by atoms with Gasteiger partial charge < -0.3 is 0 Å². The summed E-state index contributed by atoms with van der Waals surface area (Å²) < 4.78 is 0. The average Bonchev–Trinajstić information content (AvgIpc) is 2.83. The molecule has 18 heavy (non-hydrogen) atoms. The van der Waals surface area contributed by atoms with E-state index in [4.69, 9.17) is 0 Å². The van der Waals surface area contributed by atoms with E-state index in [2.05, 4.69) is 39.8 Å². The Balaban J connectivity index is -0.000000149. The Hall–Kier alpha value is -0.0900. The number of allylic oxidation sites excluding steroid dienone is 4. The largest absolute Gasteiger partial charge is 0.153 e. The molecular weight excluding hydrogens is 235 g/mol. The predicted molar refractivity (Wildman–Crippen MR) is 95.6 cm³/mol. The summed E-state index contributed by atoms with van der Waals surface area (Å²) in [5, 5.41) is 0. The van der Waals surface area contributed by atoms with E-state index in [-0.39, 0.29) is 17.3 Å². The zero-order valence-electron chi connectivity index (χ0n) is 13.4. The Morgan fingerprint density at radius 1 is 1.06 bits per heavy atom. The van der Waals surface area contributed by atoms with Crippen LogP contribution in [0.2, 0.25) is 0 Å². The zero-order valence-corrected chi connectivity index (χ0v) is 14.8. The second kappa shape index (κ2) is 16.9. The van der Waals surface area contributed by atoms with Gasteiger partial charge in [0.1, 0.15) is 0 Å². The van der Waals surface area contributed by atoms with Crippen molar-refractivity contribution in [3.05, 3.63) is 23.3 Å². The van der Waals surface area contributed by atoms with Gasteiger partial charge in [0.05, 0.1) is 0 Å². The SMILES string of the molecule is C.CC.CC.CCC(C)C1=CCC(C(C)C)=C1.P. The molecule has 1 heteroatoms. The summed E-state index contributed by atoms with van der Waals surface area (Å²) in [6.07, 6.45) is 7.24. The Morgan fingerprint density at radius 2 is 1.50 bits per heavy atom. The van der Waals surface area contributed by atoms with Gasteiger partial charge in [0.2, 0.25) is 0 Å². The molecule has 0 amide bonds. The van der Waals surface area contributed by atoms with Crippen LogP contribution in [0.25, 0.3) is 0 Å². The van der Waals surface area contributed by atoms with Crippen molar-refractivity contribution in [1.29, 1.82) is 0 Å². The van der Waals surface area contributed by atoms with E-state index in [1.54, 1.807) is 11.1 Å². The van der Waals surface area contributed by atoms with Crippen LogP contribution in [0.15, 0.2) is 23.3 Å². The van der Waals surface area contributed by atoms with Crippen LogP contribution in [0.1, 0.15) is 75.7 Å². The lowest BCUT2D eigenvalue weighted by atomic mass is 9.98. The lowest BCUT2D eigenvalue weighted by Gasteiger charge is -2.07. The molecule has 0 aromatic heterocycles. The predicted octanol–water partition coefficient (Wildman–Crippen LogP) is 6.69. The van der Waals surface area contributed by atoms with Gasteiger partial charge in [-0.15, -0.1) is 0 Å². The summed E-state index contributed by atoms with van der Waals surface area (Å²) in [7, 11) is 0. The molecule has 0 nitrogen and oxygen atoms in total. The Bertz CT molecular complexity index is 212. The summed E-state index contributed by atoms with van der Waals surface area (Å²) >= 11 is 0. The molecule has 0 heterocycles. The smallest absolute Gasteiger partial charge is 0.0127 e. The Labute approximate surface area is 121 Å². The fourth-order valence-corrected chi connectivity index (χ4v) is 1.55. The van der Waals surface area contributed by atoms with Gasteiger partial charge in [-0.25, -0.2) is 0 Å². The summed E-state index contributed by atoms with van der Waals surface area (Å²) in [5.74, 6) is 1.48. The van der Waals surface area contributed by atoms with Crippen LogP contribution < -0.4 is 0 Å². The van der Waals surface area contributed by atoms with Gasteiger partial charge in [-0.2, -0.15) is 9.90 Å². The first kappa shape index (κ1) is 26.5. The van der Waals surface area contributed by atoms with E-state index in [0.717, 1.165) is 11.8 Å². The highest BCUT2D eigenvalue weighted by Crippen LogP contribution is 2.29. The Morgan fingerprint density at radius 3 is 1.78 bits per heavy atom. The maximum Gasteiger partial charge on any atom is -0.0127 e. The van der Waals surface area contributed by atoms with Crippen molar-refractivity contribution in [3.8, 4) is 0 Å². The monoisotopic (exact) mass is 274 g/mol. The lowest BCUT2D eigenvalue weighted by molar-refractivity contribution is 0.670. The van der Waals surface area contributed by atoms with Gasteiger partial charge in [-0.1, -0.05) is 80.5 Å². The first-order valence-electron chi connectivity index (χ1n) is 7.05. The molecule has 1 rings (SSSR count). The van der Waals surface area contributed by atoms with E-state index in [0.29, 0.717) is 0 Å². The van der Waals surface area contributed by atoms with Gasteiger partial charge in [-0.05, 0) is 30.3 Å². The molecule has 0 aromatic rings. The minimum absolute atomic E-state index is 0. The molecule has 0 fully saturated rings. The van der Waals surface area contributed by atoms with E-state index in [1.807, 2.05) is 27.7 Å². The third kappa shape index (κ3) is 9.89. The van der Waals surface area contributed by atoms with E-state index < -0.39 is 0 Å². The van der Waals surface area contributed by atoms with Crippen molar-refractivity contribution in [1.82, 2.24) is 0 Å². The maximum atomic E-state index is 2.40. The van der Waals surface area contributed by atoms with Crippen molar-refractivity contribution < 1.29 is 0 Å². The quantitative estimate of drug-likeness (QED) is 0.503. The molecule has 0 spiro atoms. The standard InChI is InChI=1S/C12H20.2C2H6.CH4.H3P/c1-5-10(4)12-7-6-11(8-12)9(2)3;2*1-2;;/h7-10H,5-6H2,1-4H3;2*1-2H3;1H4;1H3. The molecule has 2 atom stereocenters. The molecule has 2 unspecified atom stereocenters. The molecule has 0 bridgehead atoms. The zero-order chi connectivity index (χ0) is 13.1. The minimum Gasteiger partial charge on any atom is -0.153 e. The van der Waals surface area contributed by atoms with Crippen LogP contribution in [0.3, 0.4) is 0 Å². The highest BCUT2D eigenvalue weighted by Gasteiger charge is 2.12. The average molecular weight is 274 g/mol. The van der Waals surface area contributed by atoms with Crippen LogP contribution in [0.4, 0.5) is 0 Å². The highest BCUT2D eigenvalue weighted by atomic mass is 31.0. The van der Waals surface area contributed by atoms with Gasteiger partial charge >= 0.3 is 0 Å². The second-order valence-electron chi connectivity index (χ2n) is 4.09. The van der Waals surface area contributed by atoms with E-state index in [1.165, 1.54) is 12.8 Å². The molecule has 1 aliphatic rings. The molecular formula is C17H39P. The first-order chi connectivity index (χ1) is 7.65. The molecule has 0 saturated carbocycles. The van der Waals surface area contributed by atoms with Crippen LogP contribution in [-0.2, 0) is 0 Å². The Kier molecular flexibility index (Phi) is 24.9. The summed E-state index contributed by atoms with van der Waals surface area (Å²) in [4.78, 5) is 0. The van der Waals surface area contributed by atoms with Crippen molar-refractivity contribution in [3.63, 3.8) is 0 Å². The number of hydrogen-bond acceptors (Lipinski definition) is 0. The second-order valence-corrected chi connectivity index (χ2v) is 4.09. The van der Waals surface area contributed by atoms with Gasteiger partial charge in [-0.3, -0.25) is 0 Å². The molecule has 0 aliphatic heterocycles. The highest BCUT2D eigenvalue weighted by molar-refractivity contribution is 6.92. The molecule has 0 N–H and O–H groups in total. The molecule has 0 saturated heterocycles. The molecule has 112 valence electrons. The van der Waals surface area contributed by atoms with Crippen LogP contribution in [0.5, 0.6) is 0 Å². The van der Waals surface area contributed by atoms with Gasteiger partial charge in [0, 0.05) is 0 Å².